The summed E-state index contributed by atoms with van der Waals surface area (Å²) in [6.45, 7) is 0.603. The van der Waals surface area contributed by atoms with E-state index in [4.69, 9.17) is 10.5 Å². The third-order valence-corrected chi connectivity index (χ3v) is 5.31. The van der Waals surface area contributed by atoms with Crippen molar-refractivity contribution in [3.63, 3.8) is 0 Å². The number of carbonyl (C=O) groups excluding carboxylic acids is 3. The highest BCUT2D eigenvalue weighted by atomic mass is 16.5. The highest BCUT2D eigenvalue weighted by Crippen LogP contribution is 2.42. The van der Waals surface area contributed by atoms with Gasteiger partial charge >= 0.3 is 6.03 Å². The lowest BCUT2D eigenvalue weighted by atomic mass is 10.1. The molecule has 8 heteroatoms. The van der Waals surface area contributed by atoms with Crippen molar-refractivity contribution in [1.82, 2.24) is 15.5 Å². The highest BCUT2D eigenvalue weighted by Gasteiger charge is 2.59. The van der Waals surface area contributed by atoms with Gasteiger partial charge in [-0.2, -0.15) is 0 Å². The molecule has 0 unspecified atom stereocenters. The quantitative estimate of drug-likeness (QED) is 0.630. The molecule has 4 fully saturated rings. The van der Waals surface area contributed by atoms with Gasteiger partial charge in [0, 0.05) is 19.1 Å². The molecule has 2 heterocycles. The number of urea groups is 1. The molecule has 2 aliphatic heterocycles. The largest absolute Gasteiger partial charge is 0.376 e. The molecule has 2 saturated carbocycles. The van der Waals surface area contributed by atoms with Gasteiger partial charge in [-0.1, -0.05) is 0 Å². The Bertz CT molecular complexity index is 558. The number of primary amides is 1. The molecule has 4 rings (SSSR count). The summed E-state index contributed by atoms with van der Waals surface area (Å²) >= 11 is 0. The number of rotatable bonds is 4. The summed E-state index contributed by atoms with van der Waals surface area (Å²) in [7, 11) is 0. The molecule has 0 aromatic rings. The molecular weight excluding hydrogens is 300 g/mol. The first-order valence-corrected chi connectivity index (χ1v) is 8.32. The van der Waals surface area contributed by atoms with E-state index in [9.17, 15) is 14.4 Å². The Morgan fingerprint density at radius 2 is 1.91 bits per heavy atom. The Balaban J connectivity index is 1.55. The number of ether oxygens (including phenoxy) is 1. The third kappa shape index (κ3) is 2.54. The van der Waals surface area contributed by atoms with Crippen LogP contribution in [0.3, 0.4) is 0 Å². The number of carbonyl (C=O) groups is 3. The second-order valence-electron chi connectivity index (χ2n) is 7.08. The summed E-state index contributed by atoms with van der Waals surface area (Å²) in [5.41, 5.74) is 4.29. The number of nitrogens with two attached hydrogens (primary N) is 1. The van der Waals surface area contributed by atoms with Crippen LogP contribution < -0.4 is 16.4 Å². The van der Waals surface area contributed by atoms with Gasteiger partial charge in [0.15, 0.2) is 0 Å². The van der Waals surface area contributed by atoms with Crippen molar-refractivity contribution in [1.29, 1.82) is 0 Å². The Kier molecular flexibility index (Phi) is 3.26. The molecule has 3 atom stereocenters. The maximum absolute atomic E-state index is 13.0. The van der Waals surface area contributed by atoms with Gasteiger partial charge in [-0.05, 0) is 32.1 Å². The SMILES string of the molecule is NC(=O)NC1(C(=O)N2[C@H](C(=O)NC3CC3)C[C@@H]3OCC[C@@H]32)CC1. The van der Waals surface area contributed by atoms with Crippen LogP contribution in [0, 0.1) is 0 Å². The molecule has 2 aliphatic carbocycles. The van der Waals surface area contributed by atoms with Crippen LogP contribution in [0.5, 0.6) is 0 Å². The van der Waals surface area contributed by atoms with E-state index in [1.165, 1.54) is 0 Å². The molecule has 4 amide bonds. The fourth-order valence-electron chi connectivity index (χ4n) is 3.80. The fourth-order valence-corrected chi connectivity index (χ4v) is 3.80. The average molecular weight is 322 g/mol. The van der Waals surface area contributed by atoms with Crippen molar-refractivity contribution in [2.24, 2.45) is 5.73 Å². The van der Waals surface area contributed by atoms with Crippen LogP contribution in [0.2, 0.25) is 0 Å². The van der Waals surface area contributed by atoms with E-state index in [0.29, 0.717) is 25.9 Å². The van der Waals surface area contributed by atoms with E-state index < -0.39 is 17.6 Å². The van der Waals surface area contributed by atoms with Gasteiger partial charge in [0.25, 0.3) is 0 Å². The minimum Gasteiger partial charge on any atom is -0.376 e. The monoisotopic (exact) mass is 322 g/mol. The molecular formula is C15H22N4O4. The van der Waals surface area contributed by atoms with Crippen LogP contribution in [0.1, 0.15) is 38.5 Å². The number of hydrogen-bond acceptors (Lipinski definition) is 4. The number of nitrogens with one attached hydrogen (secondary N) is 2. The third-order valence-electron chi connectivity index (χ3n) is 5.31. The molecule has 8 nitrogen and oxygen atoms in total. The zero-order valence-electron chi connectivity index (χ0n) is 12.9. The first kappa shape index (κ1) is 14.7. The molecule has 4 aliphatic rings. The summed E-state index contributed by atoms with van der Waals surface area (Å²) in [4.78, 5) is 38.5. The number of nitrogens with zero attached hydrogens (tertiary/aromatic N) is 1. The first-order valence-electron chi connectivity index (χ1n) is 8.32. The maximum Gasteiger partial charge on any atom is 0.313 e. The minimum atomic E-state index is -0.915. The molecule has 0 radical (unpaired) electrons. The van der Waals surface area contributed by atoms with Gasteiger partial charge in [-0.25, -0.2) is 4.79 Å². The number of hydrogen-bond donors (Lipinski definition) is 3. The predicted octanol–water partition coefficient (Wildman–Crippen LogP) is -0.776. The Labute approximate surface area is 134 Å². The summed E-state index contributed by atoms with van der Waals surface area (Å²) in [5, 5.41) is 5.56. The second-order valence-corrected chi connectivity index (χ2v) is 7.08. The van der Waals surface area contributed by atoms with Crippen molar-refractivity contribution in [3.8, 4) is 0 Å². The van der Waals surface area contributed by atoms with Crippen LogP contribution >= 0.6 is 0 Å². The van der Waals surface area contributed by atoms with E-state index in [1.807, 2.05) is 0 Å². The van der Waals surface area contributed by atoms with E-state index in [-0.39, 0.29) is 30.0 Å². The minimum absolute atomic E-state index is 0.0791. The van der Waals surface area contributed by atoms with Crippen LogP contribution in [-0.2, 0) is 14.3 Å². The van der Waals surface area contributed by atoms with Crippen LogP contribution in [0.4, 0.5) is 4.79 Å². The van der Waals surface area contributed by atoms with Crippen LogP contribution in [0.15, 0.2) is 0 Å². The molecule has 2 saturated heterocycles. The Hall–Kier alpha value is -1.83. The van der Waals surface area contributed by atoms with E-state index >= 15 is 0 Å². The Morgan fingerprint density at radius 3 is 2.52 bits per heavy atom. The smallest absolute Gasteiger partial charge is 0.313 e. The Morgan fingerprint density at radius 1 is 1.17 bits per heavy atom. The van der Waals surface area contributed by atoms with Crippen molar-refractivity contribution >= 4 is 17.8 Å². The molecule has 0 aromatic carbocycles. The van der Waals surface area contributed by atoms with E-state index in [0.717, 1.165) is 19.3 Å². The molecule has 126 valence electrons. The molecule has 23 heavy (non-hydrogen) atoms. The maximum atomic E-state index is 13.0. The van der Waals surface area contributed by atoms with E-state index in [1.54, 1.807) is 4.90 Å². The van der Waals surface area contributed by atoms with Crippen molar-refractivity contribution in [3.05, 3.63) is 0 Å². The molecule has 0 spiro atoms. The standard InChI is InChI=1S/C15H22N4O4/c16-14(22)18-15(4-5-15)13(21)19-9-3-6-23-11(9)7-10(19)12(20)17-8-1-2-8/h8-11H,1-7H2,(H,17,20)(H3,16,18,22)/t9-,10-,11-/m0/s1. The lowest BCUT2D eigenvalue weighted by Gasteiger charge is -2.32. The topological polar surface area (TPSA) is 114 Å². The molecule has 4 N–H and O–H groups in total. The summed E-state index contributed by atoms with van der Waals surface area (Å²) in [6, 6.07) is -1.04. The number of amides is 4. The van der Waals surface area contributed by atoms with Gasteiger partial charge in [-0.3, -0.25) is 9.59 Å². The van der Waals surface area contributed by atoms with Crippen LogP contribution in [-0.4, -0.2) is 59.1 Å². The lowest BCUT2D eigenvalue weighted by Crippen LogP contribution is -2.58. The van der Waals surface area contributed by atoms with Gasteiger partial charge in [0.05, 0.1) is 12.1 Å². The highest BCUT2D eigenvalue weighted by molar-refractivity contribution is 5.97. The second kappa shape index (κ2) is 5.09. The van der Waals surface area contributed by atoms with Crippen molar-refractivity contribution < 1.29 is 19.1 Å². The van der Waals surface area contributed by atoms with E-state index in [2.05, 4.69) is 10.6 Å². The predicted molar refractivity (Wildman–Crippen MR) is 79.2 cm³/mol. The van der Waals surface area contributed by atoms with Crippen LogP contribution in [0.25, 0.3) is 0 Å². The van der Waals surface area contributed by atoms with Gasteiger partial charge < -0.3 is 26.0 Å². The normalized spacial score (nSPS) is 33.9. The summed E-state index contributed by atoms with van der Waals surface area (Å²) < 4.78 is 5.69. The summed E-state index contributed by atoms with van der Waals surface area (Å²) in [5.74, 6) is -0.293. The zero-order valence-corrected chi connectivity index (χ0v) is 12.9. The van der Waals surface area contributed by atoms with Gasteiger partial charge in [-0.15, -0.1) is 0 Å². The average Bonchev–Trinajstić information content (AvgIpc) is 3.36. The fraction of sp³-hybridized carbons (Fsp3) is 0.800. The molecule has 0 bridgehead atoms. The zero-order chi connectivity index (χ0) is 16.2. The number of fused-ring (bicyclic) bond motifs is 1. The lowest BCUT2D eigenvalue weighted by molar-refractivity contribution is -0.142. The van der Waals surface area contributed by atoms with Crippen molar-refractivity contribution in [2.75, 3.05) is 6.61 Å². The van der Waals surface area contributed by atoms with Crippen molar-refractivity contribution in [2.45, 2.75) is 68.3 Å². The molecule has 0 aromatic heterocycles. The van der Waals surface area contributed by atoms with Gasteiger partial charge in [0.2, 0.25) is 11.8 Å². The number of likely N-dealkylation sites (tertiary alicyclic amines) is 1. The first-order chi connectivity index (χ1) is 11.0. The summed E-state index contributed by atoms with van der Waals surface area (Å²) in [6.07, 6.45) is 4.32. The van der Waals surface area contributed by atoms with Gasteiger partial charge in [0.1, 0.15) is 11.6 Å².